The summed E-state index contributed by atoms with van der Waals surface area (Å²) in [4.78, 5) is 25.5. The van der Waals surface area contributed by atoms with Crippen molar-refractivity contribution in [2.75, 3.05) is 19.7 Å². The lowest BCUT2D eigenvalue weighted by Crippen LogP contribution is -2.37. The summed E-state index contributed by atoms with van der Waals surface area (Å²) in [6.07, 6.45) is 3.43. The average molecular weight is 302 g/mol. The van der Waals surface area contributed by atoms with E-state index in [1.165, 1.54) is 0 Å². The fourth-order valence-corrected chi connectivity index (χ4v) is 3.29. The van der Waals surface area contributed by atoms with E-state index in [9.17, 15) is 14.7 Å². The van der Waals surface area contributed by atoms with Crippen LogP contribution in [0.5, 0.6) is 0 Å². The van der Waals surface area contributed by atoms with Gasteiger partial charge in [-0.3, -0.25) is 9.59 Å². The van der Waals surface area contributed by atoms with Crippen molar-refractivity contribution in [2.45, 2.75) is 25.7 Å². The van der Waals surface area contributed by atoms with E-state index in [0.717, 1.165) is 44.3 Å². The minimum atomic E-state index is -0.471. The number of aliphatic hydroxyl groups excluding tert-OH is 1. The van der Waals surface area contributed by atoms with Crippen LogP contribution in [0.4, 0.5) is 0 Å². The predicted molar refractivity (Wildman–Crippen MR) is 82.1 cm³/mol. The Kier molecular flexibility index (Phi) is 3.91. The van der Waals surface area contributed by atoms with Gasteiger partial charge in [0.2, 0.25) is 11.8 Å². The van der Waals surface area contributed by atoms with Crippen LogP contribution in [0, 0.1) is 11.3 Å². The topological polar surface area (TPSA) is 83.6 Å². The fourth-order valence-electron chi connectivity index (χ4n) is 3.29. The molecule has 0 bridgehead atoms. The van der Waals surface area contributed by atoms with Gasteiger partial charge in [0.15, 0.2) is 0 Å². The molecule has 1 aliphatic heterocycles. The molecule has 22 heavy (non-hydrogen) atoms. The third kappa shape index (κ3) is 2.86. The number of rotatable bonds is 5. The highest BCUT2D eigenvalue weighted by Gasteiger charge is 2.52. The summed E-state index contributed by atoms with van der Waals surface area (Å²) in [5.41, 5.74) is 6.45. The smallest absolute Gasteiger partial charge is 0.248 e. The number of carbonyl (C=O) groups excluding carboxylic acids is 2. The number of aliphatic hydroxyl groups is 1. The first-order chi connectivity index (χ1) is 10.5. The van der Waals surface area contributed by atoms with Crippen molar-refractivity contribution in [1.82, 2.24) is 4.90 Å². The minimum Gasteiger partial charge on any atom is -0.395 e. The summed E-state index contributed by atoms with van der Waals surface area (Å²) in [7, 11) is 0. The number of nitrogens with two attached hydrogens (primary N) is 1. The van der Waals surface area contributed by atoms with Crippen molar-refractivity contribution in [2.24, 2.45) is 17.1 Å². The standard InChI is InChI=1S/C17H22N2O3/c18-15(21)14-3-1-2-12(9-14)8-13-4-7-19(10-13)16(22)17(11-20)5-6-17/h1-3,9,13,20H,4-8,10-11H2,(H2,18,21)/t13-/m1/s1. The second-order valence-electron chi connectivity index (χ2n) is 6.61. The molecule has 5 nitrogen and oxygen atoms in total. The molecular weight excluding hydrogens is 280 g/mol. The number of benzene rings is 1. The van der Waals surface area contributed by atoms with Gasteiger partial charge in [-0.05, 0) is 49.3 Å². The molecule has 118 valence electrons. The van der Waals surface area contributed by atoms with E-state index in [0.29, 0.717) is 11.5 Å². The number of hydrogen-bond acceptors (Lipinski definition) is 3. The number of primary amides is 1. The van der Waals surface area contributed by atoms with Crippen LogP contribution in [0.1, 0.15) is 35.2 Å². The van der Waals surface area contributed by atoms with E-state index in [1.54, 1.807) is 6.07 Å². The molecule has 1 saturated carbocycles. The Balaban J connectivity index is 1.60. The van der Waals surface area contributed by atoms with E-state index in [2.05, 4.69) is 0 Å². The SMILES string of the molecule is NC(=O)c1cccc(C[C@H]2CCN(C(=O)C3(CO)CC3)C2)c1. The van der Waals surface area contributed by atoms with Crippen LogP contribution in [0.25, 0.3) is 0 Å². The molecule has 2 amide bonds. The van der Waals surface area contributed by atoms with E-state index in [1.807, 2.05) is 23.1 Å². The Bertz CT molecular complexity index is 595. The van der Waals surface area contributed by atoms with Gasteiger partial charge < -0.3 is 15.7 Å². The molecule has 5 heteroatoms. The van der Waals surface area contributed by atoms with Crippen LogP contribution < -0.4 is 5.73 Å². The summed E-state index contributed by atoms with van der Waals surface area (Å²) >= 11 is 0. The van der Waals surface area contributed by atoms with Gasteiger partial charge in [-0.1, -0.05) is 12.1 Å². The zero-order valence-corrected chi connectivity index (χ0v) is 12.6. The van der Waals surface area contributed by atoms with E-state index in [4.69, 9.17) is 5.73 Å². The number of amides is 2. The molecule has 0 spiro atoms. The molecule has 1 aromatic carbocycles. The lowest BCUT2D eigenvalue weighted by Gasteiger charge is -2.21. The molecular formula is C17H22N2O3. The zero-order chi connectivity index (χ0) is 15.7. The van der Waals surface area contributed by atoms with Crippen molar-refractivity contribution in [1.29, 1.82) is 0 Å². The lowest BCUT2D eigenvalue weighted by atomic mass is 9.97. The summed E-state index contributed by atoms with van der Waals surface area (Å²) < 4.78 is 0. The van der Waals surface area contributed by atoms with Crippen molar-refractivity contribution in [3.05, 3.63) is 35.4 Å². The molecule has 0 aromatic heterocycles. The third-order valence-corrected chi connectivity index (χ3v) is 4.92. The first kappa shape index (κ1) is 15.0. The summed E-state index contributed by atoms with van der Waals surface area (Å²) in [6.45, 7) is 1.47. The maximum atomic E-state index is 12.4. The van der Waals surface area contributed by atoms with Gasteiger partial charge in [0.05, 0.1) is 12.0 Å². The minimum absolute atomic E-state index is 0.0341. The number of likely N-dealkylation sites (tertiary alicyclic amines) is 1. The molecule has 0 radical (unpaired) electrons. The van der Waals surface area contributed by atoms with Crippen molar-refractivity contribution in [3.8, 4) is 0 Å². The molecule has 1 heterocycles. The first-order valence-electron chi connectivity index (χ1n) is 7.83. The maximum absolute atomic E-state index is 12.4. The van der Waals surface area contributed by atoms with E-state index in [-0.39, 0.29) is 12.5 Å². The van der Waals surface area contributed by atoms with Crippen LogP contribution in [0.3, 0.4) is 0 Å². The Hall–Kier alpha value is -1.88. The molecule has 1 saturated heterocycles. The fraction of sp³-hybridized carbons (Fsp3) is 0.529. The second kappa shape index (κ2) is 5.72. The molecule has 1 aliphatic carbocycles. The monoisotopic (exact) mass is 302 g/mol. The highest BCUT2D eigenvalue weighted by atomic mass is 16.3. The predicted octanol–water partition coefficient (Wildman–Crippen LogP) is 0.949. The Labute approximate surface area is 130 Å². The van der Waals surface area contributed by atoms with Gasteiger partial charge in [-0.15, -0.1) is 0 Å². The largest absolute Gasteiger partial charge is 0.395 e. The molecule has 1 aromatic rings. The Morgan fingerprint density at radius 1 is 1.36 bits per heavy atom. The number of hydrogen-bond donors (Lipinski definition) is 2. The van der Waals surface area contributed by atoms with Gasteiger partial charge in [0.25, 0.3) is 0 Å². The number of nitrogens with zero attached hydrogens (tertiary/aromatic N) is 1. The Morgan fingerprint density at radius 2 is 2.14 bits per heavy atom. The van der Waals surface area contributed by atoms with Crippen LogP contribution in [0.15, 0.2) is 24.3 Å². The molecule has 1 atom stereocenters. The maximum Gasteiger partial charge on any atom is 0.248 e. The van der Waals surface area contributed by atoms with Gasteiger partial charge in [0, 0.05) is 18.7 Å². The Morgan fingerprint density at radius 3 is 2.77 bits per heavy atom. The summed E-state index contributed by atoms with van der Waals surface area (Å²) in [5.74, 6) is 0.105. The molecule has 3 N–H and O–H groups in total. The van der Waals surface area contributed by atoms with E-state index >= 15 is 0 Å². The molecule has 0 unspecified atom stereocenters. The third-order valence-electron chi connectivity index (χ3n) is 4.92. The molecule has 2 aliphatic rings. The van der Waals surface area contributed by atoms with Gasteiger partial charge in [-0.25, -0.2) is 0 Å². The zero-order valence-electron chi connectivity index (χ0n) is 12.6. The quantitative estimate of drug-likeness (QED) is 0.849. The number of carbonyl (C=O) groups is 2. The first-order valence-corrected chi connectivity index (χ1v) is 7.83. The van der Waals surface area contributed by atoms with Crippen molar-refractivity contribution in [3.63, 3.8) is 0 Å². The van der Waals surface area contributed by atoms with Gasteiger partial charge >= 0.3 is 0 Å². The van der Waals surface area contributed by atoms with Gasteiger partial charge in [0.1, 0.15) is 0 Å². The van der Waals surface area contributed by atoms with Crippen molar-refractivity contribution < 1.29 is 14.7 Å². The van der Waals surface area contributed by atoms with Crippen molar-refractivity contribution >= 4 is 11.8 Å². The van der Waals surface area contributed by atoms with E-state index < -0.39 is 11.3 Å². The van der Waals surface area contributed by atoms with Crippen LogP contribution >= 0.6 is 0 Å². The van der Waals surface area contributed by atoms with Crippen LogP contribution in [0.2, 0.25) is 0 Å². The lowest BCUT2D eigenvalue weighted by molar-refractivity contribution is -0.137. The second-order valence-corrected chi connectivity index (χ2v) is 6.61. The highest BCUT2D eigenvalue weighted by Crippen LogP contribution is 2.47. The normalized spacial score (nSPS) is 22.6. The van der Waals surface area contributed by atoms with Crippen LogP contribution in [-0.2, 0) is 11.2 Å². The molecule has 2 fully saturated rings. The highest BCUT2D eigenvalue weighted by molar-refractivity contribution is 5.92. The summed E-state index contributed by atoms with van der Waals surface area (Å²) in [5, 5.41) is 9.38. The summed E-state index contributed by atoms with van der Waals surface area (Å²) in [6, 6.07) is 7.39. The van der Waals surface area contributed by atoms with Gasteiger partial charge in [-0.2, -0.15) is 0 Å². The molecule has 3 rings (SSSR count). The van der Waals surface area contributed by atoms with Crippen LogP contribution in [-0.4, -0.2) is 41.5 Å². The average Bonchev–Trinajstić information content (AvgIpc) is 3.19.